The van der Waals surface area contributed by atoms with Crippen LogP contribution in [0.15, 0.2) is 18.2 Å². The second-order valence-electron chi connectivity index (χ2n) is 5.37. The Morgan fingerprint density at radius 2 is 2.06 bits per heavy atom. The molecule has 2 atom stereocenters. The van der Waals surface area contributed by atoms with Crippen LogP contribution in [0.3, 0.4) is 0 Å². The SMILES string of the molecule is COc1ccc(N)cc1NC(=O)C1CC2CC2C1. The molecule has 0 spiro atoms. The number of benzene rings is 1. The zero-order valence-electron chi connectivity index (χ0n) is 10.5. The Hall–Kier alpha value is -1.71. The molecule has 1 aromatic rings. The van der Waals surface area contributed by atoms with Gasteiger partial charge in [-0.3, -0.25) is 4.79 Å². The molecule has 3 N–H and O–H groups in total. The predicted octanol–water partition coefficient (Wildman–Crippen LogP) is 2.26. The van der Waals surface area contributed by atoms with E-state index in [0.717, 1.165) is 24.7 Å². The summed E-state index contributed by atoms with van der Waals surface area (Å²) in [5, 5.41) is 2.94. The minimum Gasteiger partial charge on any atom is -0.495 e. The van der Waals surface area contributed by atoms with E-state index in [0.29, 0.717) is 17.1 Å². The molecule has 0 saturated heterocycles. The number of hydrogen-bond donors (Lipinski definition) is 2. The third-order valence-electron chi connectivity index (χ3n) is 4.10. The Kier molecular flexibility index (Phi) is 2.65. The number of nitrogen functional groups attached to an aromatic ring is 1. The summed E-state index contributed by atoms with van der Waals surface area (Å²) in [7, 11) is 1.59. The van der Waals surface area contributed by atoms with Crippen molar-refractivity contribution in [1.29, 1.82) is 0 Å². The Morgan fingerprint density at radius 3 is 2.72 bits per heavy atom. The summed E-state index contributed by atoms with van der Waals surface area (Å²) >= 11 is 0. The Morgan fingerprint density at radius 1 is 1.33 bits per heavy atom. The topological polar surface area (TPSA) is 64.3 Å². The minimum atomic E-state index is 0.103. The molecule has 0 heterocycles. The van der Waals surface area contributed by atoms with Crippen molar-refractivity contribution in [2.45, 2.75) is 19.3 Å². The Bertz CT molecular complexity index is 477. The van der Waals surface area contributed by atoms with Gasteiger partial charge < -0.3 is 15.8 Å². The lowest BCUT2D eigenvalue weighted by Crippen LogP contribution is -2.22. The lowest BCUT2D eigenvalue weighted by molar-refractivity contribution is -0.120. The number of hydrogen-bond acceptors (Lipinski definition) is 3. The summed E-state index contributed by atoms with van der Waals surface area (Å²) in [5.74, 6) is 2.54. The van der Waals surface area contributed by atoms with E-state index in [2.05, 4.69) is 5.32 Å². The molecule has 18 heavy (non-hydrogen) atoms. The molecule has 2 unspecified atom stereocenters. The van der Waals surface area contributed by atoms with Crippen LogP contribution in [0, 0.1) is 17.8 Å². The number of nitrogens with one attached hydrogen (secondary N) is 1. The lowest BCUT2D eigenvalue weighted by Gasteiger charge is -2.15. The quantitative estimate of drug-likeness (QED) is 0.804. The van der Waals surface area contributed by atoms with Crippen molar-refractivity contribution in [1.82, 2.24) is 0 Å². The second-order valence-corrected chi connectivity index (χ2v) is 5.37. The van der Waals surface area contributed by atoms with Gasteiger partial charge >= 0.3 is 0 Å². The molecule has 2 aliphatic carbocycles. The Labute approximate surface area is 107 Å². The van der Waals surface area contributed by atoms with E-state index in [1.807, 2.05) is 0 Å². The maximum Gasteiger partial charge on any atom is 0.227 e. The van der Waals surface area contributed by atoms with Crippen LogP contribution in [0.2, 0.25) is 0 Å². The number of methoxy groups -OCH3 is 1. The van der Waals surface area contributed by atoms with Gasteiger partial charge in [-0.1, -0.05) is 0 Å². The van der Waals surface area contributed by atoms with Crippen LogP contribution in [0.1, 0.15) is 19.3 Å². The average Bonchev–Trinajstić information content (AvgIpc) is 2.96. The van der Waals surface area contributed by atoms with Crippen molar-refractivity contribution in [3.63, 3.8) is 0 Å². The van der Waals surface area contributed by atoms with Crippen LogP contribution in [0.25, 0.3) is 0 Å². The number of nitrogens with two attached hydrogens (primary N) is 1. The van der Waals surface area contributed by atoms with E-state index >= 15 is 0 Å². The van der Waals surface area contributed by atoms with Gasteiger partial charge in [0, 0.05) is 11.6 Å². The van der Waals surface area contributed by atoms with Crippen molar-refractivity contribution in [3.8, 4) is 5.75 Å². The third kappa shape index (κ3) is 2.03. The molecule has 3 rings (SSSR count). The van der Waals surface area contributed by atoms with Crippen molar-refractivity contribution in [3.05, 3.63) is 18.2 Å². The lowest BCUT2D eigenvalue weighted by atomic mass is 10.0. The molecule has 2 fully saturated rings. The van der Waals surface area contributed by atoms with Gasteiger partial charge in [0.1, 0.15) is 5.75 Å². The summed E-state index contributed by atoms with van der Waals surface area (Å²) in [6, 6.07) is 5.28. The zero-order chi connectivity index (χ0) is 12.7. The molecular weight excluding hydrogens is 228 g/mol. The highest BCUT2D eigenvalue weighted by atomic mass is 16.5. The number of fused-ring (bicyclic) bond motifs is 1. The second kappa shape index (κ2) is 4.19. The van der Waals surface area contributed by atoms with Gasteiger partial charge in [0.2, 0.25) is 5.91 Å². The van der Waals surface area contributed by atoms with E-state index in [-0.39, 0.29) is 11.8 Å². The molecule has 4 heteroatoms. The number of amides is 1. The highest BCUT2D eigenvalue weighted by molar-refractivity contribution is 5.94. The van der Waals surface area contributed by atoms with Crippen molar-refractivity contribution < 1.29 is 9.53 Å². The van der Waals surface area contributed by atoms with E-state index in [4.69, 9.17) is 10.5 Å². The fraction of sp³-hybridized carbons (Fsp3) is 0.500. The molecule has 4 nitrogen and oxygen atoms in total. The summed E-state index contributed by atoms with van der Waals surface area (Å²) in [5.41, 5.74) is 7.03. The van der Waals surface area contributed by atoms with Gasteiger partial charge in [-0.05, 0) is 49.3 Å². The van der Waals surface area contributed by atoms with Gasteiger partial charge in [-0.25, -0.2) is 0 Å². The number of ether oxygens (including phenoxy) is 1. The van der Waals surface area contributed by atoms with E-state index in [1.165, 1.54) is 6.42 Å². The number of carbonyl (C=O) groups is 1. The van der Waals surface area contributed by atoms with E-state index < -0.39 is 0 Å². The first-order valence-corrected chi connectivity index (χ1v) is 6.41. The normalized spacial score (nSPS) is 28.6. The number of carbonyl (C=O) groups excluding carboxylic acids is 1. The maximum atomic E-state index is 12.2. The molecular formula is C14H18N2O2. The van der Waals surface area contributed by atoms with Gasteiger partial charge in [0.25, 0.3) is 0 Å². The van der Waals surface area contributed by atoms with Crippen LogP contribution in [0.4, 0.5) is 11.4 Å². The van der Waals surface area contributed by atoms with Crippen LogP contribution < -0.4 is 15.8 Å². The van der Waals surface area contributed by atoms with Crippen LogP contribution in [-0.2, 0) is 4.79 Å². The van der Waals surface area contributed by atoms with Gasteiger partial charge in [-0.2, -0.15) is 0 Å². The van der Waals surface area contributed by atoms with Crippen molar-refractivity contribution in [2.75, 3.05) is 18.2 Å². The molecule has 0 aromatic heterocycles. The standard InChI is InChI=1S/C14H18N2O2/c1-18-13-3-2-11(15)7-12(13)16-14(17)10-5-8-4-9(8)6-10/h2-3,7-10H,4-6,15H2,1H3,(H,16,17). The van der Waals surface area contributed by atoms with Crippen LogP contribution >= 0.6 is 0 Å². The molecule has 0 aliphatic heterocycles. The fourth-order valence-corrected chi connectivity index (χ4v) is 2.99. The summed E-state index contributed by atoms with van der Waals surface area (Å²) in [4.78, 5) is 12.2. The minimum absolute atomic E-state index is 0.103. The largest absolute Gasteiger partial charge is 0.495 e. The monoisotopic (exact) mass is 246 g/mol. The summed E-state index contributed by atoms with van der Waals surface area (Å²) < 4.78 is 5.22. The fourth-order valence-electron chi connectivity index (χ4n) is 2.99. The van der Waals surface area contributed by atoms with Crippen LogP contribution in [0.5, 0.6) is 5.75 Å². The smallest absolute Gasteiger partial charge is 0.227 e. The Balaban J connectivity index is 1.71. The van der Waals surface area contributed by atoms with E-state index in [9.17, 15) is 4.79 Å². The van der Waals surface area contributed by atoms with Crippen molar-refractivity contribution >= 4 is 17.3 Å². The maximum absolute atomic E-state index is 12.2. The first-order chi connectivity index (χ1) is 8.67. The molecule has 0 radical (unpaired) electrons. The molecule has 96 valence electrons. The molecule has 0 bridgehead atoms. The van der Waals surface area contributed by atoms with Crippen LogP contribution in [-0.4, -0.2) is 13.0 Å². The van der Waals surface area contributed by atoms with Crippen molar-refractivity contribution in [2.24, 2.45) is 17.8 Å². The predicted molar refractivity (Wildman–Crippen MR) is 70.4 cm³/mol. The number of anilines is 2. The van der Waals surface area contributed by atoms with Gasteiger partial charge in [-0.15, -0.1) is 0 Å². The average molecular weight is 246 g/mol. The van der Waals surface area contributed by atoms with Gasteiger partial charge in [0.15, 0.2) is 0 Å². The molecule has 1 amide bonds. The molecule has 2 saturated carbocycles. The third-order valence-corrected chi connectivity index (χ3v) is 4.10. The highest BCUT2D eigenvalue weighted by Gasteiger charge is 2.48. The highest BCUT2D eigenvalue weighted by Crippen LogP contribution is 2.54. The van der Waals surface area contributed by atoms with Gasteiger partial charge in [0.05, 0.1) is 12.8 Å². The number of rotatable bonds is 3. The molecule has 2 aliphatic rings. The summed E-state index contributed by atoms with van der Waals surface area (Å²) in [6.45, 7) is 0. The molecule has 1 aromatic carbocycles. The first-order valence-electron chi connectivity index (χ1n) is 6.41. The van der Waals surface area contributed by atoms with E-state index in [1.54, 1.807) is 25.3 Å². The zero-order valence-corrected chi connectivity index (χ0v) is 10.5. The summed E-state index contributed by atoms with van der Waals surface area (Å²) in [6.07, 6.45) is 3.41. The first kappa shape index (κ1) is 11.4.